The fourth-order valence-electron chi connectivity index (χ4n) is 3.13. The molecule has 1 saturated heterocycles. The molecule has 1 aliphatic heterocycles. The normalized spacial score (nSPS) is 20.1. The molecule has 4 rings (SSSR count). The van der Waals surface area contributed by atoms with E-state index in [9.17, 15) is 4.79 Å². The summed E-state index contributed by atoms with van der Waals surface area (Å²) >= 11 is 7.72. The second-order valence-corrected chi connectivity index (χ2v) is 7.60. The highest BCUT2D eigenvalue weighted by molar-refractivity contribution is 7.10. The Balaban J connectivity index is 1.59. The van der Waals surface area contributed by atoms with Crippen molar-refractivity contribution in [2.75, 3.05) is 18.1 Å². The molecule has 8 heteroatoms. The fraction of sp³-hybridized carbons (Fsp3) is 0.529. The van der Waals surface area contributed by atoms with E-state index in [-0.39, 0.29) is 12.0 Å². The van der Waals surface area contributed by atoms with Gasteiger partial charge in [0.1, 0.15) is 21.8 Å². The van der Waals surface area contributed by atoms with Crippen LogP contribution in [0.25, 0.3) is 0 Å². The summed E-state index contributed by atoms with van der Waals surface area (Å²) < 4.78 is 5.03. The van der Waals surface area contributed by atoms with Gasteiger partial charge in [0.25, 0.3) is 0 Å². The highest BCUT2D eigenvalue weighted by Gasteiger charge is 2.33. The highest BCUT2D eigenvalue weighted by Crippen LogP contribution is 2.41. The van der Waals surface area contributed by atoms with Gasteiger partial charge in [0.05, 0.1) is 12.6 Å². The van der Waals surface area contributed by atoms with Crippen molar-refractivity contribution in [1.29, 1.82) is 0 Å². The lowest BCUT2D eigenvalue weighted by molar-refractivity contribution is 0.0520. The number of carbonyl (C=O) groups excluding carboxylic acids is 1. The first-order valence-electron chi connectivity index (χ1n) is 8.59. The molecule has 0 spiro atoms. The van der Waals surface area contributed by atoms with Crippen LogP contribution in [0.2, 0.25) is 5.15 Å². The molecule has 0 radical (unpaired) electrons. The Morgan fingerprint density at radius 1 is 1.36 bits per heavy atom. The van der Waals surface area contributed by atoms with Crippen molar-refractivity contribution in [2.45, 2.75) is 44.6 Å². The van der Waals surface area contributed by atoms with Crippen LogP contribution in [0.5, 0.6) is 0 Å². The van der Waals surface area contributed by atoms with Crippen LogP contribution in [0.1, 0.15) is 65.9 Å². The summed E-state index contributed by atoms with van der Waals surface area (Å²) in [7, 11) is 0. The van der Waals surface area contributed by atoms with E-state index in [2.05, 4.69) is 14.9 Å². The maximum Gasteiger partial charge on any atom is 0.357 e. The third kappa shape index (κ3) is 3.48. The number of anilines is 1. The molecule has 2 aromatic heterocycles. The molecule has 6 nitrogen and oxygen atoms in total. The van der Waals surface area contributed by atoms with E-state index in [1.807, 2.05) is 6.07 Å². The van der Waals surface area contributed by atoms with Crippen LogP contribution in [0.3, 0.4) is 0 Å². The minimum atomic E-state index is -0.365. The number of aromatic nitrogens is 3. The third-order valence-corrected chi connectivity index (χ3v) is 5.62. The lowest BCUT2D eigenvalue weighted by Gasteiger charge is -2.24. The molecule has 2 fully saturated rings. The Bertz CT molecular complexity index is 793. The minimum absolute atomic E-state index is 0.117. The Hall–Kier alpha value is -1.73. The van der Waals surface area contributed by atoms with Gasteiger partial charge in [0.15, 0.2) is 5.69 Å². The smallest absolute Gasteiger partial charge is 0.357 e. The van der Waals surface area contributed by atoms with Crippen molar-refractivity contribution in [3.63, 3.8) is 0 Å². The number of nitrogens with zero attached hydrogens (tertiary/aromatic N) is 4. The summed E-state index contributed by atoms with van der Waals surface area (Å²) in [4.78, 5) is 27.7. The van der Waals surface area contributed by atoms with Crippen LogP contribution in [0.4, 0.5) is 5.82 Å². The zero-order valence-electron chi connectivity index (χ0n) is 13.9. The van der Waals surface area contributed by atoms with Crippen molar-refractivity contribution < 1.29 is 9.53 Å². The van der Waals surface area contributed by atoms with E-state index in [0.717, 1.165) is 48.9 Å². The maximum atomic E-state index is 11.9. The lowest BCUT2D eigenvalue weighted by Crippen LogP contribution is -2.24. The van der Waals surface area contributed by atoms with Gasteiger partial charge in [-0.15, -0.1) is 11.3 Å². The van der Waals surface area contributed by atoms with Gasteiger partial charge in [0.2, 0.25) is 0 Å². The molecule has 0 amide bonds. The van der Waals surface area contributed by atoms with E-state index in [4.69, 9.17) is 21.3 Å². The van der Waals surface area contributed by atoms with E-state index in [0.29, 0.717) is 23.4 Å². The van der Waals surface area contributed by atoms with Crippen LogP contribution in [-0.4, -0.2) is 34.1 Å². The molecular weight excluding hydrogens is 360 g/mol. The second-order valence-electron chi connectivity index (χ2n) is 6.32. The summed E-state index contributed by atoms with van der Waals surface area (Å²) in [6.45, 7) is 3.04. The van der Waals surface area contributed by atoms with E-state index in [1.54, 1.807) is 12.3 Å². The Kier molecular flexibility index (Phi) is 4.60. The first-order valence-corrected chi connectivity index (χ1v) is 9.85. The molecule has 0 bridgehead atoms. The van der Waals surface area contributed by atoms with E-state index >= 15 is 0 Å². The molecular formula is C17H19ClN4O2S. The second kappa shape index (κ2) is 6.88. The number of rotatable bonds is 5. The highest BCUT2D eigenvalue weighted by atomic mass is 35.5. The SMILES string of the molecule is CCOC(=O)c1csc(C2CCCN2c2cc(Cl)nc(C3CC3)n2)n1. The summed E-state index contributed by atoms with van der Waals surface area (Å²) in [6.07, 6.45) is 4.31. The summed E-state index contributed by atoms with van der Waals surface area (Å²) in [6, 6.07) is 1.94. The molecule has 2 aliphatic rings. The van der Waals surface area contributed by atoms with Gasteiger partial charge in [-0.2, -0.15) is 0 Å². The number of esters is 1. The van der Waals surface area contributed by atoms with Crippen LogP contribution < -0.4 is 4.90 Å². The first-order chi connectivity index (χ1) is 12.2. The van der Waals surface area contributed by atoms with Gasteiger partial charge in [-0.3, -0.25) is 0 Å². The number of thiazole rings is 1. The van der Waals surface area contributed by atoms with Crippen molar-refractivity contribution >= 4 is 34.7 Å². The van der Waals surface area contributed by atoms with Gasteiger partial charge < -0.3 is 9.64 Å². The molecule has 3 heterocycles. The summed E-state index contributed by atoms with van der Waals surface area (Å²) in [5.74, 6) is 1.79. The Morgan fingerprint density at radius 3 is 2.96 bits per heavy atom. The first kappa shape index (κ1) is 16.7. The summed E-state index contributed by atoms with van der Waals surface area (Å²) in [5, 5.41) is 3.18. The van der Waals surface area contributed by atoms with E-state index < -0.39 is 0 Å². The third-order valence-electron chi connectivity index (χ3n) is 4.48. The molecule has 1 atom stereocenters. The minimum Gasteiger partial charge on any atom is -0.461 e. The van der Waals surface area contributed by atoms with Crippen molar-refractivity contribution in [1.82, 2.24) is 15.0 Å². The fourth-order valence-corrected chi connectivity index (χ4v) is 4.25. The number of halogens is 1. The van der Waals surface area contributed by atoms with Gasteiger partial charge in [-0.25, -0.2) is 19.7 Å². The Labute approximate surface area is 155 Å². The van der Waals surface area contributed by atoms with Crippen LogP contribution in [-0.2, 0) is 4.74 Å². The molecule has 25 heavy (non-hydrogen) atoms. The van der Waals surface area contributed by atoms with E-state index in [1.165, 1.54) is 11.3 Å². The molecule has 1 unspecified atom stereocenters. The Morgan fingerprint density at radius 2 is 2.20 bits per heavy atom. The monoisotopic (exact) mass is 378 g/mol. The average Bonchev–Trinajstić information content (AvgIpc) is 3.13. The number of hydrogen-bond donors (Lipinski definition) is 0. The van der Waals surface area contributed by atoms with Gasteiger partial charge in [-0.05, 0) is 32.6 Å². The zero-order valence-corrected chi connectivity index (χ0v) is 15.5. The van der Waals surface area contributed by atoms with Gasteiger partial charge >= 0.3 is 5.97 Å². The molecule has 2 aromatic rings. The number of hydrogen-bond acceptors (Lipinski definition) is 7. The number of carbonyl (C=O) groups is 1. The topological polar surface area (TPSA) is 68.2 Å². The van der Waals surface area contributed by atoms with Crippen LogP contribution in [0.15, 0.2) is 11.4 Å². The average molecular weight is 379 g/mol. The molecule has 132 valence electrons. The molecule has 0 aromatic carbocycles. The summed E-state index contributed by atoms with van der Waals surface area (Å²) in [5.41, 5.74) is 0.382. The predicted octanol–water partition coefficient (Wildman–Crippen LogP) is 3.98. The van der Waals surface area contributed by atoms with Gasteiger partial charge in [-0.1, -0.05) is 11.6 Å². The molecule has 0 N–H and O–H groups in total. The largest absolute Gasteiger partial charge is 0.461 e. The number of ether oxygens (including phenoxy) is 1. The standard InChI is InChI=1S/C17H19ClN4O2S/c1-2-24-17(23)11-9-25-16(19-11)12-4-3-7-22(12)14-8-13(18)20-15(21-14)10-5-6-10/h8-10,12H,2-7H2,1H3. The molecule has 1 aliphatic carbocycles. The predicted molar refractivity (Wildman–Crippen MR) is 96.4 cm³/mol. The van der Waals surface area contributed by atoms with Crippen LogP contribution >= 0.6 is 22.9 Å². The van der Waals surface area contributed by atoms with Crippen LogP contribution in [0, 0.1) is 0 Å². The maximum absolute atomic E-state index is 11.9. The lowest BCUT2D eigenvalue weighted by atomic mass is 10.2. The van der Waals surface area contributed by atoms with Gasteiger partial charge in [0, 0.05) is 23.9 Å². The van der Waals surface area contributed by atoms with Crippen molar-refractivity contribution in [2.24, 2.45) is 0 Å². The zero-order chi connectivity index (χ0) is 17.4. The van der Waals surface area contributed by atoms with Crippen molar-refractivity contribution in [3.05, 3.63) is 33.1 Å². The molecule has 1 saturated carbocycles. The van der Waals surface area contributed by atoms with Crippen molar-refractivity contribution in [3.8, 4) is 0 Å². The quantitative estimate of drug-likeness (QED) is 0.579.